The van der Waals surface area contributed by atoms with Gasteiger partial charge in [0.25, 0.3) is 0 Å². The maximum atomic E-state index is 4.44. The molecule has 2 aromatic carbocycles. The van der Waals surface area contributed by atoms with E-state index in [1.165, 1.54) is 11.1 Å². The molecule has 106 valence electrons. The normalized spacial score (nSPS) is 17.1. The Morgan fingerprint density at radius 1 is 1.24 bits per heavy atom. The van der Waals surface area contributed by atoms with Gasteiger partial charge in [0.1, 0.15) is 5.82 Å². The lowest BCUT2D eigenvalue weighted by Crippen LogP contribution is -2.06. The number of fused-ring (bicyclic) bond motifs is 2. The minimum atomic E-state index is 0.398. The zero-order valence-electron chi connectivity index (χ0n) is 11.8. The van der Waals surface area contributed by atoms with Crippen molar-refractivity contribution >= 4 is 32.7 Å². The monoisotopic (exact) mass is 341 g/mol. The summed E-state index contributed by atoms with van der Waals surface area (Å²) in [6.07, 6.45) is 2.28. The Morgan fingerprint density at radius 3 is 3.05 bits per heavy atom. The van der Waals surface area contributed by atoms with Gasteiger partial charge < -0.3 is 10.3 Å². The van der Waals surface area contributed by atoms with Gasteiger partial charge in [-0.25, -0.2) is 4.98 Å². The van der Waals surface area contributed by atoms with Crippen LogP contribution in [0.1, 0.15) is 29.4 Å². The molecule has 4 heteroatoms. The summed E-state index contributed by atoms with van der Waals surface area (Å²) in [5.74, 6) is 0.957. The SMILES string of the molecule is Cc1nc2ccc(NC3CCc4cc(Br)ccc43)cc2[nH]1. The van der Waals surface area contributed by atoms with Crippen molar-refractivity contribution in [3.63, 3.8) is 0 Å². The lowest BCUT2D eigenvalue weighted by atomic mass is 10.1. The first-order valence-corrected chi connectivity index (χ1v) is 7.99. The Kier molecular flexibility index (Phi) is 3.00. The molecule has 3 aromatic rings. The van der Waals surface area contributed by atoms with E-state index in [4.69, 9.17) is 0 Å². The minimum Gasteiger partial charge on any atom is -0.378 e. The van der Waals surface area contributed by atoms with E-state index in [1.807, 2.05) is 6.92 Å². The third kappa shape index (κ3) is 2.33. The number of aromatic nitrogens is 2. The number of aryl methyl sites for hydroxylation is 2. The first kappa shape index (κ1) is 12.9. The second-order valence-electron chi connectivity index (χ2n) is 5.63. The van der Waals surface area contributed by atoms with E-state index < -0.39 is 0 Å². The molecular formula is C17H16BrN3. The van der Waals surface area contributed by atoms with Crippen molar-refractivity contribution in [2.45, 2.75) is 25.8 Å². The largest absolute Gasteiger partial charge is 0.378 e. The molecule has 1 aliphatic carbocycles. The summed E-state index contributed by atoms with van der Waals surface area (Å²) in [5, 5.41) is 3.65. The number of anilines is 1. The highest BCUT2D eigenvalue weighted by molar-refractivity contribution is 9.10. The number of imidazole rings is 1. The van der Waals surface area contributed by atoms with Crippen molar-refractivity contribution in [1.82, 2.24) is 9.97 Å². The molecule has 21 heavy (non-hydrogen) atoms. The van der Waals surface area contributed by atoms with Gasteiger partial charge >= 0.3 is 0 Å². The molecule has 0 radical (unpaired) electrons. The highest BCUT2D eigenvalue weighted by Crippen LogP contribution is 2.35. The fourth-order valence-electron chi connectivity index (χ4n) is 3.16. The zero-order chi connectivity index (χ0) is 14.4. The van der Waals surface area contributed by atoms with E-state index >= 15 is 0 Å². The van der Waals surface area contributed by atoms with Gasteiger partial charge in [0, 0.05) is 10.2 Å². The van der Waals surface area contributed by atoms with Crippen LogP contribution in [0.5, 0.6) is 0 Å². The van der Waals surface area contributed by atoms with Crippen LogP contribution in [0.25, 0.3) is 11.0 Å². The van der Waals surface area contributed by atoms with Gasteiger partial charge in [-0.05, 0) is 61.2 Å². The van der Waals surface area contributed by atoms with E-state index in [0.29, 0.717) is 6.04 Å². The molecular weight excluding hydrogens is 326 g/mol. The quantitative estimate of drug-likeness (QED) is 0.707. The van der Waals surface area contributed by atoms with Crippen molar-refractivity contribution in [2.75, 3.05) is 5.32 Å². The Balaban J connectivity index is 1.64. The molecule has 0 amide bonds. The van der Waals surface area contributed by atoms with Crippen LogP contribution in [-0.4, -0.2) is 9.97 Å². The van der Waals surface area contributed by atoms with Crippen molar-refractivity contribution in [3.05, 3.63) is 57.8 Å². The average molecular weight is 342 g/mol. The fourth-order valence-corrected chi connectivity index (χ4v) is 3.57. The molecule has 1 aromatic heterocycles. The van der Waals surface area contributed by atoms with Crippen LogP contribution in [0, 0.1) is 6.92 Å². The fraction of sp³-hybridized carbons (Fsp3) is 0.235. The maximum Gasteiger partial charge on any atom is 0.104 e. The van der Waals surface area contributed by atoms with Gasteiger partial charge in [0.15, 0.2) is 0 Å². The van der Waals surface area contributed by atoms with E-state index in [0.717, 1.165) is 39.9 Å². The number of aromatic amines is 1. The number of nitrogens with zero attached hydrogens (tertiary/aromatic N) is 1. The number of rotatable bonds is 2. The van der Waals surface area contributed by atoms with Crippen molar-refractivity contribution in [3.8, 4) is 0 Å². The summed E-state index contributed by atoms with van der Waals surface area (Å²) >= 11 is 3.55. The van der Waals surface area contributed by atoms with Crippen LogP contribution >= 0.6 is 15.9 Å². The third-order valence-corrected chi connectivity index (χ3v) is 4.62. The first-order valence-electron chi connectivity index (χ1n) is 7.20. The zero-order valence-corrected chi connectivity index (χ0v) is 13.4. The molecule has 0 bridgehead atoms. The van der Waals surface area contributed by atoms with Gasteiger partial charge in [-0.3, -0.25) is 0 Å². The molecule has 2 N–H and O–H groups in total. The Morgan fingerprint density at radius 2 is 2.14 bits per heavy atom. The van der Waals surface area contributed by atoms with Crippen LogP contribution in [0.3, 0.4) is 0 Å². The topological polar surface area (TPSA) is 40.7 Å². The molecule has 3 nitrogen and oxygen atoms in total. The lowest BCUT2D eigenvalue weighted by molar-refractivity contribution is 0.762. The second kappa shape index (κ2) is 4.88. The van der Waals surface area contributed by atoms with E-state index in [-0.39, 0.29) is 0 Å². The van der Waals surface area contributed by atoms with Gasteiger partial charge in [0.05, 0.1) is 17.1 Å². The summed E-state index contributed by atoms with van der Waals surface area (Å²) in [6, 6.07) is 13.3. The van der Waals surface area contributed by atoms with Crippen LogP contribution in [0.4, 0.5) is 5.69 Å². The summed E-state index contributed by atoms with van der Waals surface area (Å²) in [5.41, 5.74) is 6.12. The molecule has 0 fully saturated rings. The van der Waals surface area contributed by atoms with Crippen LogP contribution < -0.4 is 5.32 Å². The predicted octanol–water partition coefficient (Wildman–Crippen LogP) is 4.73. The summed E-state index contributed by atoms with van der Waals surface area (Å²) in [7, 11) is 0. The average Bonchev–Trinajstić information content (AvgIpc) is 3.01. The number of benzene rings is 2. The molecule has 0 saturated heterocycles. The van der Waals surface area contributed by atoms with Gasteiger partial charge in [-0.1, -0.05) is 22.0 Å². The van der Waals surface area contributed by atoms with Crippen LogP contribution in [-0.2, 0) is 6.42 Å². The number of halogens is 1. The summed E-state index contributed by atoms with van der Waals surface area (Å²) < 4.78 is 1.16. The minimum absolute atomic E-state index is 0.398. The number of hydrogen-bond acceptors (Lipinski definition) is 2. The highest BCUT2D eigenvalue weighted by Gasteiger charge is 2.22. The maximum absolute atomic E-state index is 4.44. The molecule has 0 spiro atoms. The van der Waals surface area contributed by atoms with Crippen molar-refractivity contribution < 1.29 is 0 Å². The van der Waals surface area contributed by atoms with Crippen LogP contribution in [0.2, 0.25) is 0 Å². The molecule has 1 heterocycles. The Labute approximate surface area is 131 Å². The molecule has 0 aliphatic heterocycles. The van der Waals surface area contributed by atoms with E-state index in [1.54, 1.807) is 0 Å². The highest BCUT2D eigenvalue weighted by atomic mass is 79.9. The summed E-state index contributed by atoms with van der Waals surface area (Å²) in [4.78, 5) is 7.74. The van der Waals surface area contributed by atoms with Crippen molar-refractivity contribution in [1.29, 1.82) is 0 Å². The van der Waals surface area contributed by atoms with Crippen molar-refractivity contribution in [2.24, 2.45) is 0 Å². The van der Waals surface area contributed by atoms with Gasteiger partial charge in [-0.15, -0.1) is 0 Å². The Hall–Kier alpha value is -1.81. The standard InChI is InChI=1S/C17H16BrN3/c1-10-19-16-7-4-13(9-17(16)20-10)21-15-6-2-11-8-12(18)3-5-14(11)15/h3-5,7-9,15,21H,2,6H2,1H3,(H,19,20). The second-order valence-corrected chi connectivity index (χ2v) is 6.55. The molecule has 1 unspecified atom stereocenters. The predicted molar refractivity (Wildman–Crippen MR) is 89.7 cm³/mol. The molecule has 1 aliphatic rings. The van der Waals surface area contributed by atoms with Gasteiger partial charge in [0.2, 0.25) is 0 Å². The molecule has 1 atom stereocenters. The Bertz CT molecular complexity index is 822. The smallest absolute Gasteiger partial charge is 0.104 e. The number of H-pyrrole nitrogens is 1. The lowest BCUT2D eigenvalue weighted by Gasteiger charge is -2.15. The van der Waals surface area contributed by atoms with E-state index in [9.17, 15) is 0 Å². The van der Waals surface area contributed by atoms with Gasteiger partial charge in [-0.2, -0.15) is 0 Å². The summed E-state index contributed by atoms with van der Waals surface area (Å²) in [6.45, 7) is 1.98. The van der Waals surface area contributed by atoms with E-state index in [2.05, 4.69) is 67.6 Å². The number of nitrogens with one attached hydrogen (secondary N) is 2. The number of hydrogen-bond donors (Lipinski definition) is 2. The first-order chi connectivity index (χ1) is 10.2. The molecule has 0 saturated carbocycles. The third-order valence-electron chi connectivity index (χ3n) is 4.12. The molecule has 4 rings (SSSR count). The van der Waals surface area contributed by atoms with Crippen LogP contribution in [0.15, 0.2) is 40.9 Å².